The summed E-state index contributed by atoms with van der Waals surface area (Å²) in [6.07, 6.45) is 1.18. The van der Waals surface area contributed by atoms with Crippen LogP contribution in [-0.2, 0) is 4.74 Å². The molecule has 0 radical (unpaired) electrons. The van der Waals surface area contributed by atoms with E-state index in [1.807, 2.05) is 0 Å². The lowest BCUT2D eigenvalue weighted by molar-refractivity contribution is 0.0396. The molecule has 0 aliphatic carbocycles. The zero-order chi connectivity index (χ0) is 13.7. The summed E-state index contributed by atoms with van der Waals surface area (Å²) < 4.78 is 5.33. The van der Waals surface area contributed by atoms with Gasteiger partial charge in [0, 0.05) is 38.3 Å². The second-order valence-electron chi connectivity index (χ2n) is 5.43. The van der Waals surface area contributed by atoms with Crippen LogP contribution in [0.1, 0.15) is 31.9 Å². The summed E-state index contributed by atoms with van der Waals surface area (Å²) in [5.41, 5.74) is 1.38. The van der Waals surface area contributed by atoms with Crippen molar-refractivity contribution < 1.29 is 4.74 Å². The van der Waals surface area contributed by atoms with Gasteiger partial charge in [-0.2, -0.15) is 0 Å². The van der Waals surface area contributed by atoms with Crippen molar-refractivity contribution in [3.05, 3.63) is 35.9 Å². The van der Waals surface area contributed by atoms with E-state index in [1.54, 1.807) is 7.11 Å². The molecular formula is C16H26N2O. The quantitative estimate of drug-likeness (QED) is 0.882. The molecule has 1 saturated heterocycles. The summed E-state index contributed by atoms with van der Waals surface area (Å²) in [6.45, 7) is 7.45. The summed E-state index contributed by atoms with van der Waals surface area (Å²) in [5, 5.41) is 3.68. The first-order valence-corrected chi connectivity index (χ1v) is 7.29. The predicted molar refractivity (Wildman–Crippen MR) is 79.3 cm³/mol. The average Bonchev–Trinajstić information content (AvgIpc) is 2.47. The maximum Gasteiger partial charge on any atom is 0.0615 e. The van der Waals surface area contributed by atoms with Gasteiger partial charge in [-0.3, -0.25) is 4.90 Å². The van der Waals surface area contributed by atoms with E-state index < -0.39 is 0 Å². The zero-order valence-electron chi connectivity index (χ0n) is 12.3. The number of hydrogen-bond acceptors (Lipinski definition) is 3. The molecule has 1 aromatic carbocycles. The summed E-state index contributed by atoms with van der Waals surface area (Å²) in [6, 6.07) is 12.3. The molecule has 1 aromatic rings. The molecule has 3 nitrogen and oxygen atoms in total. The van der Waals surface area contributed by atoms with Crippen LogP contribution < -0.4 is 5.32 Å². The van der Waals surface area contributed by atoms with Gasteiger partial charge >= 0.3 is 0 Å². The second-order valence-corrected chi connectivity index (χ2v) is 5.43. The van der Waals surface area contributed by atoms with Gasteiger partial charge in [0.1, 0.15) is 0 Å². The first-order valence-electron chi connectivity index (χ1n) is 7.29. The summed E-state index contributed by atoms with van der Waals surface area (Å²) >= 11 is 0. The van der Waals surface area contributed by atoms with E-state index >= 15 is 0 Å². The number of piperazine rings is 1. The molecule has 3 unspecified atom stereocenters. The molecule has 1 fully saturated rings. The topological polar surface area (TPSA) is 24.5 Å². The SMILES string of the molecule is CCC1CNC(c2ccccc2)CN1C(C)COC. The molecule has 1 aliphatic heterocycles. The number of benzene rings is 1. The van der Waals surface area contributed by atoms with Crippen LogP contribution in [0.15, 0.2) is 30.3 Å². The third-order valence-electron chi connectivity index (χ3n) is 4.11. The van der Waals surface area contributed by atoms with E-state index in [1.165, 1.54) is 12.0 Å². The van der Waals surface area contributed by atoms with Crippen molar-refractivity contribution in [3.8, 4) is 0 Å². The highest BCUT2D eigenvalue weighted by Crippen LogP contribution is 2.23. The minimum atomic E-state index is 0.434. The third-order valence-corrected chi connectivity index (χ3v) is 4.11. The van der Waals surface area contributed by atoms with E-state index in [4.69, 9.17) is 4.74 Å². The van der Waals surface area contributed by atoms with E-state index in [9.17, 15) is 0 Å². The Bertz CT molecular complexity index is 368. The van der Waals surface area contributed by atoms with Crippen LogP contribution in [-0.4, -0.2) is 43.8 Å². The smallest absolute Gasteiger partial charge is 0.0615 e. The minimum absolute atomic E-state index is 0.434. The summed E-state index contributed by atoms with van der Waals surface area (Å²) in [7, 11) is 1.79. The van der Waals surface area contributed by atoms with Gasteiger partial charge in [-0.15, -0.1) is 0 Å². The van der Waals surface area contributed by atoms with Crippen LogP contribution in [0.2, 0.25) is 0 Å². The Kier molecular flexibility index (Phi) is 5.37. The zero-order valence-corrected chi connectivity index (χ0v) is 12.3. The van der Waals surface area contributed by atoms with Gasteiger partial charge in [-0.25, -0.2) is 0 Å². The van der Waals surface area contributed by atoms with Crippen molar-refractivity contribution in [2.24, 2.45) is 0 Å². The molecule has 0 amide bonds. The van der Waals surface area contributed by atoms with Crippen LogP contribution in [0.3, 0.4) is 0 Å². The van der Waals surface area contributed by atoms with E-state index in [0.717, 1.165) is 19.7 Å². The molecule has 0 saturated carbocycles. The standard InChI is InChI=1S/C16H26N2O/c1-4-15-10-17-16(14-8-6-5-7-9-14)11-18(15)13(2)12-19-3/h5-9,13,15-17H,4,10-12H2,1-3H3. The van der Waals surface area contributed by atoms with Crippen molar-refractivity contribution in [1.29, 1.82) is 0 Å². The van der Waals surface area contributed by atoms with E-state index in [0.29, 0.717) is 18.1 Å². The lowest BCUT2D eigenvalue weighted by Crippen LogP contribution is -2.56. The van der Waals surface area contributed by atoms with E-state index in [-0.39, 0.29) is 0 Å². The molecule has 19 heavy (non-hydrogen) atoms. The van der Waals surface area contributed by atoms with Crippen LogP contribution in [0.5, 0.6) is 0 Å². The van der Waals surface area contributed by atoms with Crippen LogP contribution in [0.25, 0.3) is 0 Å². The van der Waals surface area contributed by atoms with E-state index in [2.05, 4.69) is 54.4 Å². The molecule has 0 aromatic heterocycles. The number of methoxy groups -OCH3 is 1. The fraction of sp³-hybridized carbons (Fsp3) is 0.625. The Morgan fingerprint density at radius 2 is 2.11 bits per heavy atom. The second kappa shape index (κ2) is 7.04. The van der Waals surface area contributed by atoms with Gasteiger partial charge in [0.15, 0.2) is 0 Å². The number of hydrogen-bond donors (Lipinski definition) is 1. The lowest BCUT2D eigenvalue weighted by atomic mass is 9.99. The van der Waals surface area contributed by atoms with Gasteiger partial charge in [0.2, 0.25) is 0 Å². The molecule has 1 N–H and O–H groups in total. The van der Waals surface area contributed by atoms with Gasteiger partial charge in [-0.05, 0) is 18.9 Å². The highest BCUT2D eigenvalue weighted by atomic mass is 16.5. The number of ether oxygens (including phenoxy) is 1. The molecule has 1 aliphatic rings. The van der Waals surface area contributed by atoms with Crippen molar-refractivity contribution in [3.63, 3.8) is 0 Å². The Labute approximate surface area is 116 Å². The number of nitrogens with one attached hydrogen (secondary N) is 1. The maximum absolute atomic E-state index is 5.33. The molecule has 0 spiro atoms. The first kappa shape index (κ1) is 14.5. The minimum Gasteiger partial charge on any atom is -0.383 e. The third kappa shape index (κ3) is 3.56. The molecule has 3 heteroatoms. The van der Waals surface area contributed by atoms with Gasteiger partial charge in [0.25, 0.3) is 0 Å². The highest BCUT2D eigenvalue weighted by molar-refractivity contribution is 5.20. The summed E-state index contributed by atoms with van der Waals surface area (Å²) in [4.78, 5) is 2.59. The van der Waals surface area contributed by atoms with Crippen molar-refractivity contribution in [2.75, 3.05) is 26.8 Å². The fourth-order valence-corrected chi connectivity index (χ4v) is 2.98. The van der Waals surface area contributed by atoms with Crippen LogP contribution >= 0.6 is 0 Å². The molecule has 2 rings (SSSR count). The monoisotopic (exact) mass is 262 g/mol. The predicted octanol–water partition coefficient (Wildman–Crippen LogP) is 2.45. The van der Waals surface area contributed by atoms with Crippen LogP contribution in [0.4, 0.5) is 0 Å². The molecular weight excluding hydrogens is 236 g/mol. The Balaban J connectivity index is 2.07. The maximum atomic E-state index is 5.33. The molecule has 106 valence electrons. The average molecular weight is 262 g/mol. The Morgan fingerprint density at radius 3 is 2.74 bits per heavy atom. The highest BCUT2D eigenvalue weighted by Gasteiger charge is 2.30. The van der Waals surface area contributed by atoms with Gasteiger partial charge in [0.05, 0.1) is 6.61 Å². The molecule has 1 heterocycles. The number of rotatable bonds is 5. The fourth-order valence-electron chi connectivity index (χ4n) is 2.98. The Hall–Kier alpha value is -0.900. The lowest BCUT2D eigenvalue weighted by Gasteiger charge is -2.43. The van der Waals surface area contributed by atoms with Crippen molar-refractivity contribution >= 4 is 0 Å². The Morgan fingerprint density at radius 1 is 1.37 bits per heavy atom. The van der Waals surface area contributed by atoms with Crippen molar-refractivity contribution in [2.45, 2.75) is 38.4 Å². The number of nitrogens with zero attached hydrogens (tertiary/aromatic N) is 1. The largest absolute Gasteiger partial charge is 0.383 e. The van der Waals surface area contributed by atoms with Gasteiger partial charge < -0.3 is 10.1 Å². The first-order chi connectivity index (χ1) is 9.26. The molecule has 0 bridgehead atoms. The van der Waals surface area contributed by atoms with Gasteiger partial charge in [-0.1, -0.05) is 37.3 Å². The van der Waals surface area contributed by atoms with Crippen molar-refractivity contribution in [1.82, 2.24) is 10.2 Å². The normalized spacial score (nSPS) is 26.3. The summed E-state index contributed by atoms with van der Waals surface area (Å²) in [5.74, 6) is 0. The van der Waals surface area contributed by atoms with Crippen LogP contribution in [0, 0.1) is 0 Å². The molecule has 3 atom stereocenters.